The number of rotatable bonds is 6. The van der Waals surface area contributed by atoms with Crippen LogP contribution in [0.15, 0.2) is 30.3 Å². The fourth-order valence-corrected chi connectivity index (χ4v) is 2.13. The van der Waals surface area contributed by atoms with E-state index in [1.165, 1.54) is 7.11 Å². The predicted octanol–water partition coefficient (Wildman–Crippen LogP) is 1.99. The molecule has 4 nitrogen and oxygen atoms in total. The first-order valence-corrected chi connectivity index (χ1v) is 6.48. The maximum Gasteiger partial charge on any atom is 0.327 e. The van der Waals surface area contributed by atoms with Crippen molar-refractivity contribution in [3.8, 4) is 0 Å². The number of likely N-dealkylation sites (N-methyl/N-ethyl adjacent to an activating group) is 1. The van der Waals surface area contributed by atoms with Crippen LogP contribution in [0.1, 0.15) is 32.4 Å². The van der Waals surface area contributed by atoms with Crippen LogP contribution in [0, 0.1) is 0 Å². The summed E-state index contributed by atoms with van der Waals surface area (Å²) in [4.78, 5) is 14.0. The number of nitrogens with zero attached hydrogens (tertiary/aromatic N) is 1. The summed E-state index contributed by atoms with van der Waals surface area (Å²) in [5.41, 5.74) is 0.0114. The first-order valence-electron chi connectivity index (χ1n) is 6.48. The minimum absolute atomic E-state index is 0.308. The van der Waals surface area contributed by atoms with Gasteiger partial charge in [-0.1, -0.05) is 37.3 Å². The van der Waals surface area contributed by atoms with Crippen molar-refractivity contribution in [2.45, 2.75) is 32.4 Å². The lowest BCUT2D eigenvalue weighted by Crippen LogP contribution is -2.43. The molecule has 0 aromatic heterocycles. The molecule has 1 atom stereocenters. The Morgan fingerprint density at radius 3 is 2.37 bits per heavy atom. The quantitative estimate of drug-likeness (QED) is 0.799. The monoisotopic (exact) mass is 265 g/mol. The normalized spacial score (nSPS) is 13.4. The summed E-state index contributed by atoms with van der Waals surface area (Å²) in [5.74, 6) is -0.308. The third-order valence-electron chi connectivity index (χ3n) is 2.90. The Balaban J connectivity index is 3.05. The second-order valence-corrected chi connectivity index (χ2v) is 5.21. The molecule has 0 heterocycles. The molecule has 0 radical (unpaired) electrons. The molecule has 4 heteroatoms. The molecule has 0 fully saturated rings. The number of methoxy groups -OCH3 is 1. The summed E-state index contributed by atoms with van der Waals surface area (Å²) in [5, 5.41) is 9.98. The highest BCUT2D eigenvalue weighted by Gasteiger charge is 2.30. The Morgan fingerprint density at radius 2 is 1.95 bits per heavy atom. The molecule has 0 saturated heterocycles. The zero-order valence-corrected chi connectivity index (χ0v) is 12.1. The van der Waals surface area contributed by atoms with Crippen LogP contribution in [-0.4, -0.2) is 41.8 Å². The second-order valence-electron chi connectivity index (χ2n) is 5.21. The third-order valence-corrected chi connectivity index (χ3v) is 2.90. The molecule has 1 N–H and O–H groups in total. The van der Waals surface area contributed by atoms with Gasteiger partial charge in [0, 0.05) is 6.54 Å². The number of carbonyl (C=O) groups is 1. The molecule has 0 bridgehead atoms. The van der Waals surface area contributed by atoms with Crippen LogP contribution in [0.3, 0.4) is 0 Å². The van der Waals surface area contributed by atoms with Crippen LogP contribution in [0.2, 0.25) is 0 Å². The number of ether oxygens (including phenoxy) is 1. The molecule has 1 unspecified atom stereocenters. The minimum Gasteiger partial charge on any atom is -0.468 e. The molecule has 0 amide bonds. The van der Waals surface area contributed by atoms with Gasteiger partial charge in [-0.2, -0.15) is 0 Å². The maximum atomic E-state index is 12.1. The molecule has 1 aromatic carbocycles. The van der Waals surface area contributed by atoms with Gasteiger partial charge in [-0.05, 0) is 26.0 Å². The van der Waals surface area contributed by atoms with E-state index in [9.17, 15) is 9.90 Å². The van der Waals surface area contributed by atoms with Crippen molar-refractivity contribution in [1.82, 2.24) is 4.90 Å². The highest BCUT2D eigenvalue weighted by Crippen LogP contribution is 2.23. The van der Waals surface area contributed by atoms with Crippen molar-refractivity contribution in [1.29, 1.82) is 0 Å². The Labute approximate surface area is 115 Å². The van der Waals surface area contributed by atoms with E-state index in [1.54, 1.807) is 13.8 Å². The summed E-state index contributed by atoms with van der Waals surface area (Å²) < 4.78 is 4.90. The molecule has 106 valence electrons. The molecular formula is C15H23NO3. The fraction of sp³-hybridized carbons (Fsp3) is 0.533. The lowest BCUT2D eigenvalue weighted by Gasteiger charge is -2.33. The van der Waals surface area contributed by atoms with Gasteiger partial charge in [-0.15, -0.1) is 0 Å². The van der Waals surface area contributed by atoms with Crippen molar-refractivity contribution < 1.29 is 14.6 Å². The molecule has 1 rings (SSSR count). The number of aliphatic hydroxyl groups is 1. The SMILES string of the molecule is CCN(CC(C)(C)O)C(C(=O)OC)c1ccccc1. The van der Waals surface area contributed by atoms with Gasteiger partial charge < -0.3 is 9.84 Å². The van der Waals surface area contributed by atoms with Crippen LogP contribution >= 0.6 is 0 Å². The molecule has 0 spiro atoms. The topological polar surface area (TPSA) is 49.8 Å². The molecule has 0 aliphatic heterocycles. The summed E-state index contributed by atoms with van der Waals surface area (Å²) in [7, 11) is 1.39. The van der Waals surface area contributed by atoms with E-state index in [2.05, 4.69) is 0 Å². The average molecular weight is 265 g/mol. The molecule has 0 saturated carbocycles. The van der Waals surface area contributed by atoms with Gasteiger partial charge in [0.1, 0.15) is 6.04 Å². The van der Waals surface area contributed by atoms with Crippen molar-refractivity contribution in [2.75, 3.05) is 20.2 Å². The van der Waals surface area contributed by atoms with Crippen LogP contribution in [0.4, 0.5) is 0 Å². The highest BCUT2D eigenvalue weighted by atomic mass is 16.5. The average Bonchev–Trinajstić information content (AvgIpc) is 2.37. The number of hydrogen-bond donors (Lipinski definition) is 1. The molecule has 0 aliphatic rings. The van der Waals surface area contributed by atoms with Crippen LogP contribution in [0.25, 0.3) is 0 Å². The Hall–Kier alpha value is -1.39. The highest BCUT2D eigenvalue weighted by molar-refractivity contribution is 5.77. The van der Waals surface area contributed by atoms with Crippen molar-refractivity contribution >= 4 is 5.97 Å². The number of carbonyl (C=O) groups excluding carboxylic acids is 1. The maximum absolute atomic E-state index is 12.1. The van der Waals surface area contributed by atoms with Gasteiger partial charge in [0.25, 0.3) is 0 Å². The van der Waals surface area contributed by atoms with Crippen molar-refractivity contribution in [3.05, 3.63) is 35.9 Å². The fourth-order valence-electron chi connectivity index (χ4n) is 2.13. The first-order chi connectivity index (χ1) is 8.89. The second kappa shape index (κ2) is 6.68. The summed E-state index contributed by atoms with van der Waals surface area (Å²) >= 11 is 0. The van der Waals surface area contributed by atoms with Gasteiger partial charge in [0.15, 0.2) is 0 Å². The van der Waals surface area contributed by atoms with E-state index in [4.69, 9.17) is 4.74 Å². The molecule has 19 heavy (non-hydrogen) atoms. The molecule has 1 aromatic rings. The zero-order chi connectivity index (χ0) is 14.5. The zero-order valence-electron chi connectivity index (χ0n) is 12.1. The van der Waals surface area contributed by atoms with Gasteiger partial charge >= 0.3 is 5.97 Å². The number of esters is 1. The molecular weight excluding hydrogens is 242 g/mol. The van der Waals surface area contributed by atoms with Crippen LogP contribution < -0.4 is 0 Å². The van der Waals surface area contributed by atoms with E-state index >= 15 is 0 Å². The number of hydrogen-bond acceptors (Lipinski definition) is 4. The standard InChI is InChI=1S/C15H23NO3/c1-5-16(11-15(2,3)18)13(14(17)19-4)12-9-7-6-8-10-12/h6-10,13,18H,5,11H2,1-4H3. The van der Waals surface area contributed by atoms with Crippen LogP contribution in [0.5, 0.6) is 0 Å². The van der Waals surface area contributed by atoms with Crippen LogP contribution in [-0.2, 0) is 9.53 Å². The van der Waals surface area contributed by atoms with E-state index < -0.39 is 11.6 Å². The largest absolute Gasteiger partial charge is 0.468 e. The van der Waals surface area contributed by atoms with Gasteiger partial charge in [-0.3, -0.25) is 4.90 Å². The van der Waals surface area contributed by atoms with Crippen molar-refractivity contribution in [2.24, 2.45) is 0 Å². The smallest absolute Gasteiger partial charge is 0.327 e. The minimum atomic E-state index is -0.864. The van der Waals surface area contributed by atoms with E-state index in [0.717, 1.165) is 5.56 Å². The number of benzene rings is 1. The predicted molar refractivity (Wildman–Crippen MR) is 74.7 cm³/mol. The van der Waals surface area contributed by atoms with Gasteiger partial charge in [-0.25, -0.2) is 4.79 Å². The Morgan fingerprint density at radius 1 is 1.37 bits per heavy atom. The van der Waals surface area contributed by atoms with Crippen molar-refractivity contribution in [3.63, 3.8) is 0 Å². The van der Waals surface area contributed by atoms with E-state index in [0.29, 0.717) is 13.1 Å². The Kier molecular flexibility index (Phi) is 5.51. The van der Waals surface area contributed by atoms with E-state index in [1.807, 2.05) is 42.2 Å². The summed E-state index contributed by atoms with van der Waals surface area (Å²) in [6.07, 6.45) is 0. The lowest BCUT2D eigenvalue weighted by atomic mass is 10.0. The van der Waals surface area contributed by atoms with E-state index in [-0.39, 0.29) is 5.97 Å². The third kappa shape index (κ3) is 4.65. The Bertz CT molecular complexity index is 398. The summed E-state index contributed by atoms with van der Waals surface area (Å²) in [6, 6.07) is 9.00. The molecule has 0 aliphatic carbocycles. The summed E-state index contributed by atoms with van der Waals surface area (Å²) in [6.45, 7) is 6.48. The first kappa shape index (κ1) is 15.7. The lowest BCUT2D eigenvalue weighted by molar-refractivity contribution is -0.148. The van der Waals surface area contributed by atoms with Gasteiger partial charge in [0.2, 0.25) is 0 Å². The van der Waals surface area contributed by atoms with Gasteiger partial charge in [0.05, 0.1) is 12.7 Å².